The van der Waals surface area contributed by atoms with Crippen LogP contribution in [0.15, 0.2) is 39.7 Å². The zero-order chi connectivity index (χ0) is 17.6. The highest BCUT2D eigenvalue weighted by Gasteiger charge is 2.31. The average Bonchev–Trinajstić information content (AvgIpc) is 3.14. The fourth-order valence-electron chi connectivity index (χ4n) is 2.58. The van der Waals surface area contributed by atoms with Crippen molar-refractivity contribution in [2.24, 2.45) is 15.3 Å². The predicted molar refractivity (Wildman–Crippen MR) is 87.2 cm³/mol. The minimum atomic E-state index is -0.703. The number of carbonyl (C=O) groups is 1. The quantitative estimate of drug-likeness (QED) is 0.656. The number of nitriles is 1. The fourth-order valence-corrected chi connectivity index (χ4v) is 2.58. The molecule has 1 amide bonds. The molecule has 0 aliphatic carbocycles. The second kappa shape index (κ2) is 5.41. The van der Waals surface area contributed by atoms with E-state index in [0.717, 1.165) is 0 Å². The second-order valence-corrected chi connectivity index (χ2v) is 5.50. The largest absolute Gasteiger partial charge is 0.275 e. The molecule has 4 rings (SSSR count). The minimum absolute atomic E-state index is 0.221. The lowest BCUT2D eigenvalue weighted by molar-refractivity contribution is -0.128. The number of hydrogen-bond acceptors (Lipinski definition) is 8. The van der Waals surface area contributed by atoms with Crippen LogP contribution >= 0.6 is 0 Å². The van der Waals surface area contributed by atoms with E-state index in [-0.39, 0.29) is 5.91 Å². The van der Waals surface area contributed by atoms with Gasteiger partial charge in [-0.1, -0.05) is 0 Å². The monoisotopic (exact) mass is 333 g/mol. The van der Waals surface area contributed by atoms with Gasteiger partial charge in [0.1, 0.15) is 17.1 Å². The van der Waals surface area contributed by atoms with Crippen molar-refractivity contribution in [3.63, 3.8) is 0 Å². The van der Waals surface area contributed by atoms with Gasteiger partial charge in [-0.15, -0.1) is 10.2 Å². The molecular formula is C15H11N9O. The van der Waals surface area contributed by atoms with Crippen molar-refractivity contribution >= 4 is 34.0 Å². The van der Waals surface area contributed by atoms with E-state index < -0.39 is 6.04 Å². The molecule has 2 aromatic heterocycles. The summed E-state index contributed by atoms with van der Waals surface area (Å²) in [5.41, 5.74) is 3.09. The Kier molecular flexibility index (Phi) is 3.21. The Morgan fingerprint density at radius 1 is 1.32 bits per heavy atom. The molecule has 3 aromatic rings. The van der Waals surface area contributed by atoms with Gasteiger partial charge in [-0.2, -0.15) is 25.7 Å². The molecule has 3 heterocycles. The van der Waals surface area contributed by atoms with E-state index in [9.17, 15) is 4.79 Å². The van der Waals surface area contributed by atoms with Crippen LogP contribution in [0.1, 0.15) is 12.5 Å². The third kappa shape index (κ3) is 2.29. The van der Waals surface area contributed by atoms with Crippen LogP contribution in [0.5, 0.6) is 0 Å². The minimum Gasteiger partial charge on any atom is -0.270 e. The van der Waals surface area contributed by atoms with Gasteiger partial charge in [0.15, 0.2) is 11.7 Å². The average molecular weight is 333 g/mol. The van der Waals surface area contributed by atoms with Gasteiger partial charge < -0.3 is 0 Å². The summed E-state index contributed by atoms with van der Waals surface area (Å²) in [6, 6.07) is 6.49. The summed E-state index contributed by atoms with van der Waals surface area (Å²) in [7, 11) is 1.58. The number of amides is 1. The maximum Gasteiger partial charge on any atom is 0.275 e. The standard InChI is InChI=1S/C15H11N9O/c1-8-13(15(25)23(2)22-8)20-18-10-3-4-11-12(5-10)24-14(21-19-11)9(6-16)7-17-24/h3-5,7,13H,1-2H3/b20-18+. The first-order chi connectivity index (χ1) is 12.1. The molecule has 0 radical (unpaired) electrons. The number of aromatic nitrogens is 4. The second-order valence-electron chi connectivity index (χ2n) is 5.50. The number of rotatable bonds is 2. The smallest absolute Gasteiger partial charge is 0.270 e. The van der Waals surface area contributed by atoms with E-state index in [0.29, 0.717) is 33.6 Å². The van der Waals surface area contributed by atoms with E-state index in [2.05, 4.69) is 30.6 Å². The predicted octanol–water partition coefficient (Wildman–Crippen LogP) is 1.45. The SMILES string of the molecule is CC1=NN(C)C(=O)C1/N=N/c1ccc2nnc3c(C#N)cnn3c2c1. The van der Waals surface area contributed by atoms with Crippen LogP contribution in [0, 0.1) is 11.3 Å². The van der Waals surface area contributed by atoms with E-state index >= 15 is 0 Å². The summed E-state index contributed by atoms with van der Waals surface area (Å²) in [5, 5.41) is 34.9. The van der Waals surface area contributed by atoms with Gasteiger partial charge >= 0.3 is 0 Å². The molecule has 10 nitrogen and oxygen atoms in total. The number of carbonyl (C=O) groups excluding carboxylic acids is 1. The van der Waals surface area contributed by atoms with Crippen LogP contribution in [-0.4, -0.2) is 49.5 Å². The van der Waals surface area contributed by atoms with Gasteiger partial charge in [0.05, 0.1) is 23.1 Å². The zero-order valence-electron chi connectivity index (χ0n) is 13.3. The van der Waals surface area contributed by atoms with Crippen molar-refractivity contribution in [3.05, 3.63) is 30.0 Å². The molecule has 0 N–H and O–H groups in total. The summed E-state index contributed by atoms with van der Waals surface area (Å²) in [4.78, 5) is 12.0. The van der Waals surface area contributed by atoms with E-state index in [4.69, 9.17) is 5.26 Å². The molecule has 122 valence electrons. The highest BCUT2D eigenvalue weighted by Crippen LogP contribution is 2.22. The Morgan fingerprint density at radius 2 is 2.16 bits per heavy atom. The Bertz CT molecular complexity index is 1120. The molecule has 0 bridgehead atoms. The molecule has 10 heteroatoms. The van der Waals surface area contributed by atoms with Gasteiger partial charge in [0.25, 0.3) is 5.91 Å². The zero-order valence-corrected chi connectivity index (χ0v) is 13.3. The highest BCUT2D eigenvalue weighted by molar-refractivity contribution is 6.10. The van der Waals surface area contributed by atoms with Gasteiger partial charge in [-0.25, -0.2) is 9.52 Å². The van der Waals surface area contributed by atoms with Crippen LogP contribution in [0.2, 0.25) is 0 Å². The van der Waals surface area contributed by atoms with Crippen LogP contribution in [-0.2, 0) is 4.79 Å². The normalized spacial score (nSPS) is 17.6. The summed E-state index contributed by atoms with van der Waals surface area (Å²) in [5.74, 6) is -0.221. The van der Waals surface area contributed by atoms with Crippen molar-refractivity contribution in [1.82, 2.24) is 24.8 Å². The molecule has 0 fully saturated rings. The molecule has 0 saturated carbocycles. The molecule has 1 aliphatic heterocycles. The molecule has 1 aromatic carbocycles. The van der Waals surface area contributed by atoms with Crippen molar-refractivity contribution in [2.45, 2.75) is 13.0 Å². The number of benzene rings is 1. The topological polar surface area (TPSA) is 124 Å². The van der Waals surface area contributed by atoms with Crippen LogP contribution in [0.3, 0.4) is 0 Å². The van der Waals surface area contributed by atoms with E-state index in [1.165, 1.54) is 15.7 Å². The number of fused-ring (bicyclic) bond motifs is 3. The van der Waals surface area contributed by atoms with Crippen LogP contribution in [0.25, 0.3) is 16.7 Å². The highest BCUT2D eigenvalue weighted by atomic mass is 16.2. The summed E-state index contributed by atoms with van der Waals surface area (Å²) < 4.78 is 1.53. The maximum atomic E-state index is 12.0. The molecule has 1 aliphatic rings. The molecule has 0 spiro atoms. The van der Waals surface area contributed by atoms with E-state index in [1.807, 2.05) is 6.07 Å². The lowest BCUT2D eigenvalue weighted by Gasteiger charge is -2.04. The fraction of sp³-hybridized carbons (Fsp3) is 0.200. The number of hydrogen-bond donors (Lipinski definition) is 0. The van der Waals surface area contributed by atoms with Crippen LogP contribution < -0.4 is 0 Å². The third-order valence-electron chi connectivity index (χ3n) is 3.85. The molecule has 25 heavy (non-hydrogen) atoms. The van der Waals surface area contributed by atoms with Crippen molar-refractivity contribution in [1.29, 1.82) is 5.26 Å². The van der Waals surface area contributed by atoms with Gasteiger partial charge in [-0.05, 0) is 25.1 Å². The first kappa shape index (κ1) is 14.8. The van der Waals surface area contributed by atoms with Gasteiger partial charge in [0, 0.05) is 7.05 Å². The lowest BCUT2D eigenvalue weighted by Crippen LogP contribution is -2.27. The Hall–Kier alpha value is -3.74. The number of azo groups is 1. The number of nitrogens with zero attached hydrogens (tertiary/aromatic N) is 9. The van der Waals surface area contributed by atoms with Crippen LogP contribution in [0.4, 0.5) is 5.69 Å². The first-order valence-corrected chi connectivity index (χ1v) is 7.36. The Balaban J connectivity index is 1.76. The molecule has 1 unspecified atom stereocenters. The number of likely N-dealkylation sites (N-methyl/N-ethyl adjacent to an activating group) is 1. The van der Waals surface area contributed by atoms with Gasteiger partial charge in [-0.3, -0.25) is 4.79 Å². The van der Waals surface area contributed by atoms with Crippen molar-refractivity contribution in [2.75, 3.05) is 7.05 Å². The van der Waals surface area contributed by atoms with Crippen molar-refractivity contribution in [3.8, 4) is 6.07 Å². The third-order valence-corrected chi connectivity index (χ3v) is 3.85. The summed E-state index contributed by atoms with van der Waals surface area (Å²) in [6.07, 6.45) is 1.44. The number of hydrazone groups is 1. The molecule has 0 saturated heterocycles. The molecular weight excluding hydrogens is 322 g/mol. The molecule has 1 atom stereocenters. The van der Waals surface area contributed by atoms with E-state index in [1.54, 1.807) is 32.2 Å². The first-order valence-electron chi connectivity index (χ1n) is 7.36. The summed E-state index contributed by atoms with van der Waals surface area (Å²) in [6.45, 7) is 1.73. The Morgan fingerprint density at radius 3 is 2.88 bits per heavy atom. The summed E-state index contributed by atoms with van der Waals surface area (Å²) >= 11 is 0. The maximum absolute atomic E-state index is 12.0. The van der Waals surface area contributed by atoms with Gasteiger partial charge in [0.2, 0.25) is 0 Å². The Labute approximate surface area is 141 Å². The van der Waals surface area contributed by atoms with Crippen molar-refractivity contribution < 1.29 is 4.79 Å². The lowest BCUT2D eigenvalue weighted by atomic mass is 10.2.